The van der Waals surface area contributed by atoms with E-state index in [1.165, 1.54) is 11.1 Å². The van der Waals surface area contributed by atoms with Crippen LogP contribution >= 0.6 is 0 Å². The van der Waals surface area contributed by atoms with Crippen molar-refractivity contribution in [3.8, 4) is 0 Å². The summed E-state index contributed by atoms with van der Waals surface area (Å²) in [7, 11) is 0. The van der Waals surface area contributed by atoms with E-state index in [1.807, 2.05) is 95.6 Å². The number of carboxylic acid groups (broad SMARTS) is 1. The number of rotatable bonds is 19. The van der Waals surface area contributed by atoms with Gasteiger partial charge < -0.3 is 37.7 Å². The molecule has 0 saturated heterocycles. The predicted molar refractivity (Wildman–Crippen MR) is 244 cm³/mol. The van der Waals surface area contributed by atoms with Gasteiger partial charge in [0.05, 0.1) is 41.9 Å². The first-order valence-electron chi connectivity index (χ1n) is 22.1. The first kappa shape index (κ1) is 50.4. The van der Waals surface area contributed by atoms with Gasteiger partial charge in [0.2, 0.25) is 11.8 Å². The number of para-hydroxylation sites is 2. The quantitative estimate of drug-likeness (QED) is 0.0349. The number of nitrogens with zero attached hydrogens (tertiary/aromatic N) is 2. The number of nitrogens with one attached hydrogen (secondary N) is 3. The summed E-state index contributed by atoms with van der Waals surface area (Å²) in [4.78, 5) is 80.9. The number of amides is 3. The van der Waals surface area contributed by atoms with Crippen molar-refractivity contribution in [2.45, 2.75) is 90.5 Å². The number of carbonyl (C=O) groups is 6. The highest BCUT2D eigenvalue weighted by atomic mass is 35.5. The molecule has 0 unspecified atom stereocenters. The van der Waals surface area contributed by atoms with Crippen LogP contribution in [0.4, 0.5) is 0 Å². The summed E-state index contributed by atoms with van der Waals surface area (Å²) >= 11 is 0. The number of aliphatic carboxylic acids is 1. The van der Waals surface area contributed by atoms with Gasteiger partial charge in [-0.15, -0.1) is 0 Å². The largest absolute Gasteiger partial charge is 1.00 e. The van der Waals surface area contributed by atoms with Gasteiger partial charge in [0.1, 0.15) is 0 Å². The van der Waals surface area contributed by atoms with Crippen LogP contribution in [0.3, 0.4) is 0 Å². The third-order valence-electron chi connectivity index (χ3n) is 11.1. The number of hydroxylamine groups is 2. The van der Waals surface area contributed by atoms with E-state index in [4.69, 9.17) is 14.8 Å². The van der Waals surface area contributed by atoms with Crippen LogP contribution in [-0.2, 0) is 68.0 Å². The lowest BCUT2D eigenvalue weighted by molar-refractivity contribution is -0.368. The van der Waals surface area contributed by atoms with Crippen LogP contribution in [0.1, 0.15) is 94.3 Å². The molecule has 66 heavy (non-hydrogen) atoms. The zero-order chi connectivity index (χ0) is 46.0. The van der Waals surface area contributed by atoms with Gasteiger partial charge in [0.25, 0.3) is 17.5 Å². The number of quaternary nitrogens is 1. The molecule has 6 aromatic rings. The Bertz CT molecular complexity index is 2590. The van der Waals surface area contributed by atoms with Crippen molar-refractivity contribution in [3.05, 3.63) is 143 Å². The second-order valence-corrected chi connectivity index (χ2v) is 15.9. The number of Topliss-reactive ketones (excluding diaryl/α,β-unsaturated/α-hetero) is 2. The maximum absolute atomic E-state index is 12.7. The number of hydrogen-bond donors (Lipinski definition) is 5. The maximum Gasteiger partial charge on any atom is 0.377 e. The number of carboxylic acids is 1. The zero-order valence-electron chi connectivity index (χ0n) is 36.9. The van der Waals surface area contributed by atoms with E-state index in [-0.39, 0.29) is 30.6 Å². The first-order chi connectivity index (χ1) is 31.6. The minimum atomic E-state index is -1.39. The molecule has 0 radical (unpaired) electrons. The Balaban J connectivity index is 0.000000203. The van der Waals surface area contributed by atoms with E-state index < -0.39 is 23.4 Å². The van der Waals surface area contributed by atoms with Crippen molar-refractivity contribution in [1.82, 2.24) is 25.4 Å². The molecule has 348 valence electrons. The van der Waals surface area contributed by atoms with Crippen molar-refractivity contribution in [2.24, 2.45) is 0 Å². The van der Waals surface area contributed by atoms with Gasteiger partial charge in [-0.2, -0.15) is 0 Å². The molecule has 8 rings (SSSR count). The highest BCUT2D eigenvalue weighted by molar-refractivity contribution is 6.45. The van der Waals surface area contributed by atoms with Gasteiger partial charge in [0, 0.05) is 55.6 Å². The van der Waals surface area contributed by atoms with Crippen LogP contribution in [0.2, 0.25) is 0 Å². The third kappa shape index (κ3) is 13.9. The molecule has 4 aromatic carbocycles. The minimum absolute atomic E-state index is 0. The van der Waals surface area contributed by atoms with Crippen molar-refractivity contribution >= 4 is 57.1 Å². The number of aromatic nitrogens is 2. The van der Waals surface area contributed by atoms with Gasteiger partial charge >= 0.3 is 5.97 Å². The fourth-order valence-corrected chi connectivity index (χ4v) is 7.92. The minimum Gasteiger partial charge on any atom is -1.00 e. The lowest BCUT2D eigenvalue weighted by atomic mass is 10.0. The van der Waals surface area contributed by atoms with Gasteiger partial charge in [0.15, 0.2) is 0 Å². The molecule has 4 heterocycles. The molecule has 2 aromatic heterocycles. The molecule has 0 fully saturated rings. The van der Waals surface area contributed by atoms with Crippen LogP contribution < -0.4 is 34.4 Å². The molecule has 7 N–H and O–H groups in total. The molecule has 2 aliphatic heterocycles. The first-order valence-corrected chi connectivity index (χ1v) is 22.1. The average Bonchev–Trinajstić information content (AvgIpc) is 3.90. The van der Waals surface area contributed by atoms with E-state index >= 15 is 0 Å². The summed E-state index contributed by atoms with van der Waals surface area (Å²) in [6.45, 7) is 3.63. The van der Waals surface area contributed by atoms with Crippen molar-refractivity contribution in [3.63, 3.8) is 0 Å². The SMILES string of the molecule is O=C(CCCCNC(=O)C(=O)c1cn2c3c(cccc13)CCC2)NOCc1ccccc1.O=C(O)C(=O)c1cn2c3c(cccc13)CCC2.[Cl-].[NH3+]CCCCC(=O)NOCc1ccccc1. The summed E-state index contributed by atoms with van der Waals surface area (Å²) in [5, 5.41) is 13.1. The molecule has 0 atom stereocenters. The fraction of sp³-hybridized carbons (Fsp3) is 0.320. The van der Waals surface area contributed by atoms with Crippen LogP contribution in [0.15, 0.2) is 109 Å². The third-order valence-corrected chi connectivity index (χ3v) is 11.1. The fourth-order valence-electron chi connectivity index (χ4n) is 7.92. The number of halogens is 1. The number of ketones is 2. The topological polar surface area (TPSA) is 215 Å². The van der Waals surface area contributed by atoms with Gasteiger partial charge in [-0.25, -0.2) is 15.8 Å². The lowest BCUT2D eigenvalue weighted by Gasteiger charge is -2.14. The van der Waals surface area contributed by atoms with E-state index in [2.05, 4.69) is 32.6 Å². The Kier molecular flexibility index (Phi) is 19.6. The predicted octanol–water partition coefficient (Wildman–Crippen LogP) is 2.81. The van der Waals surface area contributed by atoms with Gasteiger partial charge in [-0.3, -0.25) is 33.6 Å². The van der Waals surface area contributed by atoms with Crippen molar-refractivity contribution in [2.75, 3.05) is 13.1 Å². The van der Waals surface area contributed by atoms with Crippen LogP contribution in [0, 0.1) is 0 Å². The molecule has 15 nitrogen and oxygen atoms in total. The van der Waals surface area contributed by atoms with Crippen LogP contribution in [0.5, 0.6) is 0 Å². The summed E-state index contributed by atoms with van der Waals surface area (Å²) < 4.78 is 4.07. The highest BCUT2D eigenvalue weighted by Gasteiger charge is 2.25. The molecule has 16 heteroatoms. The molecule has 0 saturated carbocycles. The molecule has 0 bridgehead atoms. The molecule has 2 aliphatic rings. The molecular formula is C50H57ClN6O9. The Morgan fingerprint density at radius 1 is 0.591 bits per heavy atom. The van der Waals surface area contributed by atoms with E-state index in [9.17, 15) is 28.8 Å². The summed E-state index contributed by atoms with van der Waals surface area (Å²) in [5.41, 5.74) is 15.8. The average molecular weight is 921 g/mol. The number of aryl methyl sites for hydroxylation is 4. The summed E-state index contributed by atoms with van der Waals surface area (Å²) in [6, 6.07) is 31.0. The normalized spacial score (nSPS) is 12.1. The number of hydrogen-bond acceptors (Lipinski definition) is 8. The van der Waals surface area contributed by atoms with Crippen molar-refractivity contribution in [1.29, 1.82) is 0 Å². The second-order valence-electron chi connectivity index (χ2n) is 15.9. The van der Waals surface area contributed by atoms with Crippen LogP contribution in [0.25, 0.3) is 21.8 Å². The standard InChI is InChI=1S/C25H27N3O4.C13H11NO3.C12H18N2O2.ClH/c29-22(27-32-17-18-8-2-1-3-9-18)13-4-5-14-26-25(31)24(30)21-16-28-15-7-11-19-10-6-12-20(21)23(19)28;15-12(13(16)17)10-7-14-6-2-4-8-3-1-5-9(10)11(8)14;13-9-5-4-8-12(15)14-16-10-11-6-2-1-3-7-11;/h1-3,6,8-10,12,16H,4-5,7,11,13-15,17H2,(H,26,31)(H,27,29);1,3,5,7H,2,4,6H2,(H,16,17);1-3,6-7H,4-5,8-10,13H2,(H,14,15);1H. The van der Waals surface area contributed by atoms with E-state index in [0.29, 0.717) is 50.1 Å². The van der Waals surface area contributed by atoms with Gasteiger partial charge in [-0.05, 0) is 73.6 Å². The summed E-state index contributed by atoms with van der Waals surface area (Å²) in [6.07, 6.45) is 11.3. The number of benzene rings is 4. The Hall–Kier alpha value is -6.65. The molecule has 3 amide bonds. The highest BCUT2D eigenvalue weighted by Crippen LogP contribution is 2.31. The Morgan fingerprint density at radius 3 is 1.53 bits per heavy atom. The van der Waals surface area contributed by atoms with Crippen molar-refractivity contribution < 1.29 is 61.7 Å². The van der Waals surface area contributed by atoms with Gasteiger partial charge in [-0.1, -0.05) is 97.1 Å². The van der Waals surface area contributed by atoms with E-state index in [0.717, 1.165) is 91.1 Å². The van der Waals surface area contributed by atoms with Crippen LogP contribution in [-0.4, -0.2) is 62.6 Å². The lowest BCUT2D eigenvalue weighted by Crippen LogP contribution is -3.00. The Labute approximate surface area is 389 Å². The van der Waals surface area contributed by atoms with E-state index in [1.54, 1.807) is 12.4 Å². The Morgan fingerprint density at radius 2 is 1.06 bits per heavy atom. The molecule has 0 spiro atoms. The monoisotopic (exact) mass is 920 g/mol. The smallest absolute Gasteiger partial charge is 0.377 e. The number of unbranched alkanes of at least 4 members (excludes halogenated alkanes) is 2. The zero-order valence-corrected chi connectivity index (χ0v) is 37.7. The number of carbonyl (C=O) groups excluding carboxylic acids is 5. The summed E-state index contributed by atoms with van der Waals surface area (Å²) in [5.74, 6) is -3.62. The molecular weight excluding hydrogens is 864 g/mol. The second kappa shape index (κ2) is 25.7. The molecule has 0 aliphatic carbocycles. The maximum atomic E-state index is 12.7.